The lowest BCUT2D eigenvalue weighted by molar-refractivity contribution is 0.681. The van der Waals surface area contributed by atoms with Crippen molar-refractivity contribution in [1.29, 1.82) is 4.78 Å². The molecule has 0 aliphatic carbocycles. The highest BCUT2D eigenvalue weighted by Gasteiger charge is 2.04. The van der Waals surface area contributed by atoms with Gasteiger partial charge in [-0.3, -0.25) is 0 Å². The van der Waals surface area contributed by atoms with Crippen LogP contribution in [0.2, 0.25) is 0 Å². The van der Waals surface area contributed by atoms with Crippen LogP contribution in [0.25, 0.3) is 6.08 Å². The van der Waals surface area contributed by atoms with E-state index in [0.717, 1.165) is 4.88 Å². The molecule has 0 saturated heterocycles. The fourth-order valence-corrected chi connectivity index (χ4v) is 3.01. The van der Waals surface area contributed by atoms with Crippen LogP contribution in [-0.4, -0.2) is 4.21 Å². The smallest absolute Gasteiger partial charge is 0.0943 e. The molecule has 2 rings (SSSR count). The van der Waals surface area contributed by atoms with Gasteiger partial charge in [-0.15, -0.1) is 11.3 Å². The maximum Gasteiger partial charge on any atom is 0.0943 e. The maximum absolute atomic E-state index is 12.1. The Hall–Kier alpha value is -1.39. The molecule has 16 heavy (non-hydrogen) atoms. The van der Waals surface area contributed by atoms with Crippen molar-refractivity contribution >= 4 is 27.1 Å². The third-order valence-corrected chi connectivity index (χ3v) is 4.39. The van der Waals surface area contributed by atoms with Gasteiger partial charge in [-0.05, 0) is 29.7 Å². The van der Waals surface area contributed by atoms with Crippen molar-refractivity contribution in [2.24, 2.45) is 0 Å². The average Bonchev–Trinajstić information content (AvgIpc) is 2.81. The lowest BCUT2D eigenvalue weighted by Gasteiger charge is -2.00. The minimum atomic E-state index is -2.81. The van der Waals surface area contributed by atoms with Gasteiger partial charge in [0.25, 0.3) is 0 Å². The topological polar surface area (TPSA) is 40.9 Å². The summed E-state index contributed by atoms with van der Waals surface area (Å²) in [6, 6.07) is 12.7. The van der Waals surface area contributed by atoms with Gasteiger partial charge in [0, 0.05) is 10.3 Å². The minimum absolute atomic E-state index is 0.544. The van der Waals surface area contributed by atoms with Gasteiger partial charge >= 0.3 is 0 Å². The number of nitrogens with one attached hydrogen (secondary N) is 1. The van der Waals surface area contributed by atoms with Gasteiger partial charge in [-0.25, -0.2) is 8.99 Å². The number of benzene rings is 1. The summed E-state index contributed by atoms with van der Waals surface area (Å²) < 4.78 is 19.9. The summed E-state index contributed by atoms with van der Waals surface area (Å²) >= 11 is 1.56. The van der Waals surface area contributed by atoms with Gasteiger partial charge in [-0.1, -0.05) is 24.3 Å². The van der Waals surface area contributed by atoms with Gasteiger partial charge in [0.2, 0.25) is 0 Å². The Bertz CT molecular complexity index is 569. The third-order valence-electron chi connectivity index (χ3n) is 2.06. The van der Waals surface area contributed by atoms with Gasteiger partial charge < -0.3 is 0 Å². The molecule has 1 atom stereocenters. The second kappa shape index (κ2) is 4.63. The second-order valence-corrected chi connectivity index (χ2v) is 6.16. The third kappa shape index (κ3) is 2.59. The van der Waals surface area contributed by atoms with Crippen molar-refractivity contribution in [3.63, 3.8) is 0 Å². The molecule has 0 amide bonds. The Kier molecular flexibility index (Phi) is 3.22. The number of thiophene rings is 1. The number of hydrogen-bond donors (Lipinski definition) is 1. The molecule has 0 aliphatic heterocycles. The normalized spacial score (nSPS) is 15.0. The van der Waals surface area contributed by atoms with Crippen molar-refractivity contribution in [2.45, 2.75) is 4.90 Å². The highest BCUT2D eigenvalue weighted by molar-refractivity contribution is 7.95. The Morgan fingerprint density at radius 1 is 1.12 bits per heavy atom. The molecule has 0 radical (unpaired) electrons. The zero-order chi connectivity index (χ0) is 11.4. The van der Waals surface area contributed by atoms with E-state index >= 15 is 0 Å². The molecule has 1 unspecified atom stereocenters. The van der Waals surface area contributed by atoms with Gasteiger partial charge in [0.15, 0.2) is 0 Å². The van der Waals surface area contributed by atoms with Crippen molar-refractivity contribution in [3.8, 4) is 0 Å². The van der Waals surface area contributed by atoms with Gasteiger partial charge in [-0.2, -0.15) is 0 Å². The van der Waals surface area contributed by atoms with Crippen LogP contribution < -0.4 is 0 Å². The van der Waals surface area contributed by atoms with E-state index in [-0.39, 0.29) is 0 Å². The van der Waals surface area contributed by atoms with Crippen molar-refractivity contribution in [2.75, 3.05) is 0 Å². The highest BCUT2D eigenvalue weighted by atomic mass is 32.2. The first-order chi connectivity index (χ1) is 7.68. The van der Waals surface area contributed by atoms with Crippen LogP contribution in [-0.2, 0) is 9.73 Å². The average molecular weight is 249 g/mol. The van der Waals surface area contributed by atoms with Crippen LogP contribution in [0.5, 0.6) is 0 Å². The first-order valence-corrected chi connectivity index (χ1v) is 7.24. The molecule has 0 saturated carbocycles. The van der Waals surface area contributed by atoms with Crippen LogP contribution in [0.3, 0.4) is 0 Å². The summed E-state index contributed by atoms with van der Waals surface area (Å²) in [4.78, 5) is 1.55. The molecule has 82 valence electrons. The largest absolute Gasteiger partial charge is 0.245 e. The molecule has 1 heterocycles. The minimum Gasteiger partial charge on any atom is -0.245 e. The van der Waals surface area contributed by atoms with E-state index < -0.39 is 9.73 Å². The molecule has 1 N–H and O–H groups in total. The lowest BCUT2D eigenvalue weighted by atomic mass is 10.4. The fourth-order valence-electron chi connectivity index (χ4n) is 1.25. The summed E-state index contributed by atoms with van der Waals surface area (Å²) in [5.41, 5.74) is 0. The van der Waals surface area contributed by atoms with Crippen LogP contribution >= 0.6 is 11.3 Å². The summed E-state index contributed by atoms with van der Waals surface area (Å²) in [5.74, 6) is 0. The van der Waals surface area contributed by atoms with Crippen molar-refractivity contribution in [3.05, 3.63) is 58.1 Å². The second-order valence-electron chi connectivity index (χ2n) is 3.23. The van der Waals surface area contributed by atoms with E-state index in [1.807, 2.05) is 23.6 Å². The molecule has 2 nitrogen and oxygen atoms in total. The van der Waals surface area contributed by atoms with E-state index in [1.54, 1.807) is 41.7 Å². The first-order valence-electron chi connectivity index (χ1n) is 4.74. The standard InChI is InChI=1S/C12H11NOS2/c13-16(14,12-6-2-1-3-7-12)10-8-11-5-4-9-15-11/h1-10,13H/b10-8+. The van der Waals surface area contributed by atoms with Crippen LogP contribution in [0.15, 0.2) is 58.1 Å². The monoisotopic (exact) mass is 249 g/mol. The molecule has 1 aromatic heterocycles. The summed E-state index contributed by atoms with van der Waals surface area (Å²) in [5, 5.41) is 3.42. The quantitative estimate of drug-likeness (QED) is 0.882. The predicted molar refractivity (Wildman–Crippen MR) is 68.9 cm³/mol. The first kappa shape index (κ1) is 11.1. The number of hydrogen-bond acceptors (Lipinski definition) is 3. The molecule has 0 fully saturated rings. The molecule has 0 spiro atoms. The molecule has 0 aliphatic rings. The Morgan fingerprint density at radius 2 is 1.88 bits per heavy atom. The van der Waals surface area contributed by atoms with E-state index in [2.05, 4.69) is 0 Å². The van der Waals surface area contributed by atoms with Crippen molar-refractivity contribution in [1.82, 2.24) is 0 Å². The molecule has 0 bridgehead atoms. The van der Waals surface area contributed by atoms with Gasteiger partial charge in [0.05, 0.1) is 14.6 Å². The molecule has 2 aromatic rings. The Balaban J connectivity index is 2.28. The zero-order valence-corrected chi connectivity index (χ0v) is 10.1. The summed E-state index contributed by atoms with van der Waals surface area (Å²) in [6.07, 6.45) is 1.74. The Labute approximate surface area is 99.2 Å². The molecule has 4 heteroatoms. The SMILES string of the molecule is N=S(=O)(/C=C/c1cccs1)c1ccccc1. The van der Waals surface area contributed by atoms with E-state index in [1.165, 1.54) is 5.41 Å². The van der Waals surface area contributed by atoms with Gasteiger partial charge in [0.1, 0.15) is 0 Å². The predicted octanol–water partition coefficient (Wildman–Crippen LogP) is 3.82. The zero-order valence-electron chi connectivity index (χ0n) is 8.50. The molecular formula is C12H11NOS2. The fraction of sp³-hybridized carbons (Fsp3) is 0. The van der Waals surface area contributed by atoms with Crippen LogP contribution in [0.1, 0.15) is 4.88 Å². The van der Waals surface area contributed by atoms with E-state index in [9.17, 15) is 4.21 Å². The van der Waals surface area contributed by atoms with E-state index in [0.29, 0.717) is 4.90 Å². The Morgan fingerprint density at radius 3 is 2.50 bits per heavy atom. The van der Waals surface area contributed by atoms with Crippen molar-refractivity contribution < 1.29 is 4.21 Å². The molecule has 1 aromatic carbocycles. The highest BCUT2D eigenvalue weighted by Crippen LogP contribution is 2.16. The molecular weight excluding hydrogens is 238 g/mol. The van der Waals surface area contributed by atoms with Crippen LogP contribution in [0.4, 0.5) is 0 Å². The van der Waals surface area contributed by atoms with E-state index in [4.69, 9.17) is 4.78 Å². The summed E-state index contributed by atoms with van der Waals surface area (Å²) in [7, 11) is -2.81. The number of rotatable bonds is 3. The lowest BCUT2D eigenvalue weighted by Crippen LogP contribution is -1.92. The maximum atomic E-state index is 12.1. The van der Waals surface area contributed by atoms with Crippen LogP contribution in [0, 0.1) is 4.78 Å². The summed E-state index contributed by atoms with van der Waals surface area (Å²) in [6.45, 7) is 0.